The molecule has 1 fully saturated rings. The van der Waals surface area contributed by atoms with Crippen molar-refractivity contribution in [3.05, 3.63) is 11.6 Å². The van der Waals surface area contributed by atoms with Gasteiger partial charge < -0.3 is 5.32 Å². The minimum absolute atomic E-state index is 0.727. The van der Waals surface area contributed by atoms with E-state index in [1.54, 1.807) is 5.57 Å². The lowest BCUT2D eigenvalue weighted by atomic mass is 9.92. The first kappa shape index (κ1) is 11.2. The van der Waals surface area contributed by atoms with Crippen LogP contribution in [0.3, 0.4) is 0 Å². The summed E-state index contributed by atoms with van der Waals surface area (Å²) in [5.41, 5.74) is 1.57. The summed E-state index contributed by atoms with van der Waals surface area (Å²) in [7, 11) is 0. The maximum absolute atomic E-state index is 3.67. The van der Waals surface area contributed by atoms with Gasteiger partial charge in [-0.05, 0) is 38.6 Å². The van der Waals surface area contributed by atoms with Crippen molar-refractivity contribution in [2.24, 2.45) is 5.92 Å². The molecule has 2 atom stereocenters. The smallest absolute Gasteiger partial charge is 0.0220 e. The van der Waals surface area contributed by atoms with Crippen LogP contribution in [0.15, 0.2) is 11.6 Å². The normalized spacial score (nSPS) is 33.9. The van der Waals surface area contributed by atoms with Crippen LogP contribution in [-0.4, -0.2) is 37.1 Å². The van der Waals surface area contributed by atoms with E-state index in [2.05, 4.69) is 30.1 Å². The monoisotopic (exact) mass is 208 g/mol. The summed E-state index contributed by atoms with van der Waals surface area (Å²) in [4.78, 5) is 2.59. The molecule has 1 N–H and O–H groups in total. The lowest BCUT2D eigenvalue weighted by Gasteiger charge is -2.35. The highest BCUT2D eigenvalue weighted by molar-refractivity contribution is 5.04. The summed E-state index contributed by atoms with van der Waals surface area (Å²) in [5.74, 6) is 0.853. The van der Waals surface area contributed by atoms with Gasteiger partial charge in [-0.25, -0.2) is 0 Å². The van der Waals surface area contributed by atoms with Gasteiger partial charge in [0.05, 0.1) is 0 Å². The topological polar surface area (TPSA) is 15.3 Å². The molecule has 2 aliphatic heterocycles. The molecule has 2 aliphatic rings. The molecule has 0 aromatic rings. The van der Waals surface area contributed by atoms with Gasteiger partial charge in [0.2, 0.25) is 0 Å². The zero-order chi connectivity index (χ0) is 10.7. The van der Waals surface area contributed by atoms with Gasteiger partial charge >= 0.3 is 0 Å². The van der Waals surface area contributed by atoms with Crippen LogP contribution in [0.1, 0.15) is 33.1 Å². The van der Waals surface area contributed by atoms with E-state index in [1.807, 2.05) is 0 Å². The minimum Gasteiger partial charge on any atom is -0.312 e. The fourth-order valence-corrected chi connectivity index (χ4v) is 2.62. The van der Waals surface area contributed by atoms with Crippen LogP contribution in [0.5, 0.6) is 0 Å². The van der Waals surface area contributed by atoms with E-state index in [1.165, 1.54) is 38.9 Å². The number of rotatable bonds is 2. The second kappa shape index (κ2) is 5.13. The molecule has 0 aromatic heterocycles. The van der Waals surface area contributed by atoms with E-state index in [-0.39, 0.29) is 0 Å². The molecule has 0 amide bonds. The zero-order valence-electron chi connectivity index (χ0n) is 10.1. The second-order valence-electron chi connectivity index (χ2n) is 5.24. The molecule has 15 heavy (non-hydrogen) atoms. The Kier molecular flexibility index (Phi) is 3.81. The molecular weight excluding hydrogens is 184 g/mol. The third-order valence-electron chi connectivity index (χ3n) is 3.90. The lowest BCUT2D eigenvalue weighted by molar-refractivity contribution is 0.199. The van der Waals surface area contributed by atoms with Gasteiger partial charge in [-0.1, -0.05) is 18.6 Å². The summed E-state index contributed by atoms with van der Waals surface area (Å²) in [6.45, 7) is 9.52. The lowest BCUT2D eigenvalue weighted by Crippen LogP contribution is -2.48. The molecule has 0 aromatic carbocycles. The molecule has 1 saturated heterocycles. The first-order valence-electron chi connectivity index (χ1n) is 6.37. The van der Waals surface area contributed by atoms with Gasteiger partial charge in [0, 0.05) is 25.7 Å². The van der Waals surface area contributed by atoms with Gasteiger partial charge in [-0.15, -0.1) is 0 Å². The summed E-state index contributed by atoms with van der Waals surface area (Å²) in [6.07, 6.45) is 6.41. The Hall–Kier alpha value is -0.340. The Morgan fingerprint density at radius 3 is 3.07 bits per heavy atom. The molecule has 0 spiro atoms. The van der Waals surface area contributed by atoms with Crippen molar-refractivity contribution < 1.29 is 0 Å². The summed E-state index contributed by atoms with van der Waals surface area (Å²) < 4.78 is 0. The minimum atomic E-state index is 0.727. The molecule has 0 radical (unpaired) electrons. The summed E-state index contributed by atoms with van der Waals surface area (Å²) in [6, 6.07) is 0.727. The van der Waals surface area contributed by atoms with Crippen molar-refractivity contribution in [2.75, 3.05) is 26.2 Å². The van der Waals surface area contributed by atoms with E-state index in [0.29, 0.717) is 0 Å². The number of hydrogen-bond acceptors (Lipinski definition) is 2. The van der Waals surface area contributed by atoms with Gasteiger partial charge in [0.1, 0.15) is 0 Å². The van der Waals surface area contributed by atoms with Gasteiger partial charge in [-0.2, -0.15) is 0 Å². The second-order valence-corrected chi connectivity index (χ2v) is 5.24. The first-order chi connectivity index (χ1) is 7.25. The van der Waals surface area contributed by atoms with E-state index < -0.39 is 0 Å². The van der Waals surface area contributed by atoms with Crippen LogP contribution < -0.4 is 5.32 Å². The average molecular weight is 208 g/mol. The highest BCUT2D eigenvalue weighted by Crippen LogP contribution is 2.18. The van der Waals surface area contributed by atoms with Crippen molar-refractivity contribution in [1.29, 1.82) is 0 Å². The highest BCUT2D eigenvalue weighted by atomic mass is 15.2. The third-order valence-corrected chi connectivity index (χ3v) is 3.90. The van der Waals surface area contributed by atoms with E-state index >= 15 is 0 Å². The van der Waals surface area contributed by atoms with Crippen molar-refractivity contribution in [3.8, 4) is 0 Å². The predicted octanol–water partition coefficient (Wildman–Crippen LogP) is 2.03. The molecule has 86 valence electrons. The highest BCUT2D eigenvalue weighted by Gasteiger charge is 2.23. The number of piperidine rings is 1. The Balaban J connectivity index is 1.81. The van der Waals surface area contributed by atoms with Crippen LogP contribution in [0.4, 0.5) is 0 Å². The van der Waals surface area contributed by atoms with Crippen LogP contribution in [0.25, 0.3) is 0 Å². The fraction of sp³-hybridized carbons (Fsp3) is 0.846. The molecule has 2 nitrogen and oxygen atoms in total. The van der Waals surface area contributed by atoms with E-state index in [9.17, 15) is 0 Å². The van der Waals surface area contributed by atoms with Crippen LogP contribution in [0.2, 0.25) is 0 Å². The number of nitrogens with zero attached hydrogens (tertiary/aromatic N) is 1. The van der Waals surface area contributed by atoms with Crippen molar-refractivity contribution in [3.63, 3.8) is 0 Å². The number of nitrogens with one attached hydrogen (secondary N) is 1. The molecule has 2 heteroatoms. The van der Waals surface area contributed by atoms with Crippen molar-refractivity contribution in [1.82, 2.24) is 10.2 Å². The molecule has 2 unspecified atom stereocenters. The summed E-state index contributed by atoms with van der Waals surface area (Å²) >= 11 is 0. The molecule has 0 aliphatic carbocycles. The van der Waals surface area contributed by atoms with Gasteiger partial charge in [-0.3, -0.25) is 4.90 Å². The van der Waals surface area contributed by atoms with E-state index in [4.69, 9.17) is 0 Å². The maximum Gasteiger partial charge on any atom is 0.0220 e. The quantitative estimate of drug-likeness (QED) is 0.699. The molecule has 0 saturated carbocycles. The van der Waals surface area contributed by atoms with Crippen molar-refractivity contribution in [2.45, 2.75) is 39.2 Å². The van der Waals surface area contributed by atoms with Crippen molar-refractivity contribution >= 4 is 0 Å². The van der Waals surface area contributed by atoms with Gasteiger partial charge in [0.25, 0.3) is 0 Å². The van der Waals surface area contributed by atoms with Crippen LogP contribution in [-0.2, 0) is 0 Å². The fourth-order valence-electron chi connectivity index (χ4n) is 2.62. The Labute approximate surface area is 93.7 Å². The predicted molar refractivity (Wildman–Crippen MR) is 65.0 cm³/mol. The Morgan fingerprint density at radius 1 is 1.53 bits per heavy atom. The zero-order valence-corrected chi connectivity index (χ0v) is 10.1. The van der Waals surface area contributed by atoms with Gasteiger partial charge in [0.15, 0.2) is 0 Å². The molecule has 2 rings (SSSR count). The maximum atomic E-state index is 3.67. The van der Waals surface area contributed by atoms with E-state index in [0.717, 1.165) is 18.5 Å². The standard InChI is InChI=1S/C13H24N2/c1-11-5-8-15(9-6-11)10-13-12(2)4-3-7-14-13/h5,12-14H,3-4,6-10H2,1-2H3. The third kappa shape index (κ3) is 3.05. The molecule has 2 heterocycles. The van der Waals surface area contributed by atoms with Crippen LogP contribution >= 0.6 is 0 Å². The SMILES string of the molecule is CC1=CCN(CC2NCCCC2C)CC1. The average Bonchev–Trinajstić information content (AvgIpc) is 2.25. The van der Waals surface area contributed by atoms with Crippen LogP contribution in [0, 0.1) is 5.92 Å². The molecular formula is C13H24N2. The largest absolute Gasteiger partial charge is 0.312 e. The Morgan fingerprint density at radius 2 is 2.40 bits per heavy atom. The Bertz CT molecular complexity index is 235. The molecule has 0 bridgehead atoms. The first-order valence-corrected chi connectivity index (χ1v) is 6.37. The number of hydrogen-bond donors (Lipinski definition) is 1. The summed E-state index contributed by atoms with van der Waals surface area (Å²) in [5, 5.41) is 3.67.